The van der Waals surface area contributed by atoms with Crippen molar-refractivity contribution in [2.75, 3.05) is 19.6 Å². The van der Waals surface area contributed by atoms with Gasteiger partial charge < -0.3 is 10.0 Å². The fraction of sp³-hybridized carbons (Fsp3) is 0.273. The number of nitrogens with zero attached hydrogens (tertiary/aromatic N) is 6. The number of hydrogen-bond donors (Lipinski definition) is 1. The van der Waals surface area contributed by atoms with E-state index in [1.807, 2.05) is 49.5 Å². The van der Waals surface area contributed by atoms with Crippen molar-refractivity contribution in [3.8, 4) is 28.3 Å². The summed E-state index contributed by atoms with van der Waals surface area (Å²) in [4.78, 5) is 6.77. The number of likely N-dealkylation sites (N-methyl/N-ethyl adjacent to an activating group) is 1. The number of aryl methyl sites for hydroxylation is 1. The fourth-order valence-electron chi connectivity index (χ4n) is 3.78. The number of imidazole rings is 1. The second-order valence-electron chi connectivity index (χ2n) is 7.53. The van der Waals surface area contributed by atoms with Gasteiger partial charge >= 0.3 is 0 Å². The number of phenols is 1. The molecule has 7 nitrogen and oxygen atoms in total. The van der Waals surface area contributed by atoms with Gasteiger partial charge in [0.1, 0.15) is 5.75 Å². The van der Waals surface area contributed by atoms with Gasteiger partial charge in [0.15, 0.2) is 5.65 Å². The summed E-state index contributed by atoms with van der Waals surface area (Å²) in [5, 5.41) is 23.9. The lowest BCUT2D eigenvalue weighted by molar-refractivity contribution is 0.154. The first-order valence-electron chi connectivity index (χ1n) is 9.83. The van der Waals surface area contributed by atoms with Crippen LogP contribution in [0.5, 0.6) is 5.75 Å². The predicted molar refractivity (Wildman–Crippen MR) is 111 cm³/mol. The third-order valence-electron chi connectivity index (χ3n) is 5.52. The highest BCUT2D eigenvalue weighted by Gasteiger charge is 2.28. The zero-order chi connectivity index (χ0) is 20.0. The molecule has 1 aliphatic heterocycles. The van der Waals surface area contributed by atoms with Gasteiger partial charge in [0.2, 0.25) is 0 Å². The second kappa shape index (κ2) is 6.93. The Kier molecular flexibility index (Phi) is 4.24. The molecule has 1 saturated heterocycles. The minimum atomic E-state index is 0.161. The molecule has 1 N–H and O–H groups in total. The first-order valence-corrected chi connectivity index (χ1v) is 9.83. The lowest BCUT2D eigenvalue weighted by Crippen LogP contribution is -2.44. The highest BCUT2D eigenvalue weighted by Crippen LogP contribution is 2.32. The monoisotopic (exact) mass is 386 g/mol. The molecule has 0 amide bonds. The molecule has 1 aliphatic rings. The van der Waals surface area contributed by atoms with Crippen LogP contribution in [0.25, 0.3) is 28.2 Å². The number of benzene rings is 1. The Morgan fingerprint density at radius 1 is 1.03 bits per heavy atom. The molecule has 0 unspecified atom stereocenters. The number of rotatable bonds is 4. The molecular formula is C22H22N6O. The van der Waals surface area contributed by atoms with Gasteiger partial charge in [-0.3, -0.25) is 0 Å². The predicted octanol–water partition coefficient (Wildman–Crippen LogP) is 3.29. The lowest BCUT2D eigenvalue weighted by Gasteiger charge is -2.37. The Hall–Kier alpha value is -3.32. The molecule has 1 aromatic carbocycles. The molecule has 0 spiro atoms. The first kappa shape index (κ1) is 17.8. The van der Waals surface area contributed by atoms with Gasteiger partial charge in [-0.25, -0.2) is 9.50 Å². The second-order valence-corrected chi connectivity index (χ2v) is 7.53. The van der Waals surface area contributed by atoms with Gasteiger partial charge in [0, 0.05) is 30.1 Å². The van der Waals surface area contributed by atoms with Crippen LogP contribution in [0.4, 0.5) is 0 Å². The molecule has 0 atom stereocenters. The average Bonchev–Trinajstić information content (AvgIpc) is 3.07. The molecule has 3 aromatic heterocycles. The summed E-state index contributed by atoms with van der Waals surface area (Å²) in [6.45, 7) is 7.26. The van der Waals surface area contributed by atoms with Crippen molar-refractivity contribution in [2.45, 2.75) is 19.8 Å². The maximum atomic E-state index is 10.6. The van der Waals surface area contributed by atoms with Crippen molar-refractivity contribution >= 4 is 5.65 Å². The summed E-state index contributed by atoms with van der Waals surface area (Å²) in [6.07, 6.45) is 1.88. The number of hydrogen-bond acceptors (Lipinski definition) is 6. The van der Waals surface area contributed by atoms with Crippen LogP contribution in [0, 0.1) is 6.92 Å². The van der Waals surface area contributed by atoms with E-state index in [2.05, 4.69) is 32.1 Å². The third kappa shape index (κ3) is 3.23. The normalized spacial score (nSPS) is 15.0. The van der Waals surface area contributed by atoms with Crippen LogP contribution in [0.3, 0.4) is 0 Å². The van der Waals surface area contributed by atoms with E-state index in [1.165, 1.54) is 0 Å². The van der Waals surface area contributed by atoms with E-state index in [1.54, 1.807) is 10.6 Å². The van der Waals surface area contributed by atoms with E-state index in [9.17, 15) is 5.11 Å². The number of phenolic OH excluding ortho intramolecular Hbond substituents is 1. The van der Waals surface area contributed by atoms with Crippen molar-refractivity contribution in [3.63, 3.8) is 0 Å². The molecule has 0 bridgehead atoms. The molecule has 4 heterocycles. The van der Waals surface area contributed by atoms with Gasteiger partial charge in [-0.1, -0.05) is 13.0 Å². The van der Waals surface area contributed by atoms with Crippen LogP contribution in [-0.4, -0.2) is 54.4 Å². The Morgan fingerprint density at radius 2 is 1.86 bits per heavy atom. The molecule has 1 fully saturated rings. The maximum absolute atomic E-state index is 10.6. The Balaban J connectivity index is 1.40. The standard InChI is InChI=1S/C22H22N6O/c1-3-27-12-16(13-27)18-6-7-20(25-24-18)17-5-4-15(10-21(17)29)19-8-9-22-23-14(2)11-28(22)26-19/h4-11,16,29H,3,12-13H2,1-2H3. The van der Waals surface area contributed by atoms with E-state index in [0.717, 1.165) is 47.9 Å². The largest absolute Gasteiger partial charge is 0.507 e. The SMILES string of the molecule is CCN1CC(c2ccc(-c3ccc(-c4ccc5nc(C)cn5n4)cc3O)nn2)C1. The molecular weight excluding hydrogens is 364 g/mol. The quantitative estimate of drug-likeness (QED) is 0.580. The smallest absolute Gasteiger partial charge is 0.153 e. The van der Waals surface area contributed by atoms with Crippen LogP contribution < -0.4 is 0 Å². The number of aromatic hydroxyl groups is 1. The molecule has 0 saturated carbocycles. The fourth-order valence-corrected chi connectivity index (χ4v) is 3.78. The van der Waals surface area contributed by atoms with Crippen molar-refractivity contribution in [2.24, 2.45) is 0 Å². The zero-order valence-electron chi connectivity index (χ0n) is 16.4. The van der Waals surface area contributed by atoms with E-state index in [4.69, 9.17) is 0 Å². The van der Waals surface area contributed by atoms with E-state index >= 15 is 0 Å². The molecule has 0 radical (unpaired) electrons. The minimum Gasteiger partial charge on any atom is -0.507 e. The molecule has 0 aliphatic carbocycles. The average molecular weight is 386 g/mol. The summed E-state index contributed by atoms with van der Waals surface area (Å²) in [5.74, 6) is 0.620. The summed E-state index contributed by atoms with van der Waals surface area (Å²) >= 11 is 0. The third-order valence-corrected chi connectivity index (χ3v) is 5.52. The Labute approximate surface area is 168 Å². The Bertz CT molecular complexity index is 1180. The first-order chi connectivity index (χ1) is 14.1. The van der Waals surface area contributed by atoms with E-state index < -0.39 is 0 Å². The lowest BCUT2D eigenvalue weighted by atomic mass is 9.96. The number of aromatic nitrogens is 5. The van der Waals surface area contributed by atoms with Crippen molar-refractivity contribution in [3.05, 3.63) is 60.0 Å². The summed E-state index contributed by atoms with van der Waals surface area (Å²) in [6, 6.07) is 13.3. The van der Waals surface area contributed by atoms with E-state index in [-0.39, 0.29) is 5.75 Å². The minimum absolute atomic E-state index is 0.161. The van der Waals surface area contributed by atoms with Gasteiger partial charge in [-0.2, -0.15) is 15.3 Å². The van der Waals surface area contributed by atoms with Crippen LogP contribution >= 0.6 is 0 Å². The molecule has 146 valence electrons. The van der Waals surface area contributed by atoms with Gasteiger partial charge in [0.05, 0.1) is 29.0 Å². The van der Waals surface area contributed by atoms with Gasteiger partial charge in [-0.05, 0) is 49.9 Å². The van der Waals surface area contributed by atoms with Gasteiger partial charge in [0.25, 0.3) is 0 Å². The zero-order valence-corrected chi connectivity index (χ0v) is 16.4. The highest BCUT2D eigenvalue weighted by atomic mass is 16.3. The van der Waals surface area contributed by atoms with E-state index in [0.29, 0.717) is 17.2 Å². The van der Waals surface area contributed by atoms with Crippen molar-refractivity contribution < 1.29 is 5.11 Å². The van der Waals surface area contributed by atoms with Crippen molar-refractivity contribution in [1.82, 2.24) is 29.7 Å². The topological polar surface area (TPSA) is 79.4 Å². The van der Waals surface area contributed by atoms with Crippen LogP contribution in [0.2, 0.25) is 0 Å². The summed E-state index contributed by atoms with van der Waals surface area (Å²) < 4.78 is 1.75. The summed E-state index contributed by atoms with van der Waals surface area (Å²) in [5.41, 5.74) is 5.66. The Morgan fingerprint density at radius 3 is 2.59 bits per heavy atom. The highest BCUT2D eigenvalue weighted by molar-refractivity contribution is 5.73. The van der Waals surface area contributed by atoms with Gasteiger partial charge in [-0.15, -0.1) is 0 Å². The molecule has 7 heteroatoms. The van der Waals surface area contributed by atoms with Crippen LogP contribution in [0.1, 0.15) is 24.2 Å². The molecule has 5 rings (SSSR count). The number of fused-ring (bicyclic) bond motifs is 1. The van der Waals surface area contributed by atoms with Crippen molar-refractivity contribution in [1.29, 1.82) is 0 Å². The number of likely N-dealkylation sites (tertiary alicyclic amines) is 1. The molecule has 4 aromatic rings. The summed E-state index contributed by atoms with van der Waals surface area (Å²) in [7, 11) is 0. The molecule has 29 heavy (non-hydrogen) atoms. The van der Waals surface area contributed by atoms with Crippen LogP contribution in [-0.2, 0) is 0 Å². The maximum Gasteiger partial charge on any atom is 0.153 e. The van der Waals surface area contributed by atoms with Crippen LogP contribution in [0.15, 0.2) is 48.7 Å².